The van der Waals surface area contributed by atoms with Gasteiger partial charge in [-0.25, -0.2) is 23.9 Å². The number of nitrogens with zero attached hydrogens (tertiary/aromatic N) is 6. The largest absolute Gasteiger partial charge is 0.457 e. The predicted octanol–water partition coefficient (Wildman–Crippen LogP) is 1.12. The molecule has 0 saturated carbocycles. The van der Waals surface area contributed by atoms with Gasteiger partial charge in [0.05, 0.1) is 12.6 Å². The molecule has 0 bridgehead atoms. The van der Waals surface area contributed by atoms with E-state index >= 15 is 0 Å². The van der Waals surface area contributed by atoms with Crippen molar-refractivity contribution in [2.75, 3.05) is 5.32 Å². The van der Waals surface area contributed by atoms with E-state index in [0.29, 0.717) is 0 Å². The average Bonchev–Trinajstić information content (AvgIpc) is 3.51. The average molecular weight is 659 g/mol. The van der Waals surface area contributed by atoms with Crippen LogP contribution in [0.4, 0.5) is 9.93 Å². The Morgan fingerprint density at radius 1 is 1.09 bits per heavy atom. The molecule has 2 aromatic rings. The van der Waals surface area contributed by atoms with Gasteiger partial charge in [-0.15, -0.1) is 11.3 Å². The fraction of sp³-hybridized carbons (Fsp3) is 0.583. The van der Waals surface area contributed by atoms with Crippen LogP contribution in [0, 0.1) is 0 Å². The Morgan fingerprint density at radius 2 is 1.73 bits per heavy atom. The van der Waals surface area contributed by atoms with Gasteiger partial charge in [-0.3, -0.25) is 24.1 Å². The molecule has 20 heteroatoms. The minimum Gasteiger partial charge on any atom is -0.457 e. The summed E-state index contributed by atoms with van der Waals surface area (Å²) in [5.74, 6) is -2.99. The molecule has 3 heterocycles. The number of β-lactam (4-membered cyclic amide) rings is 1. The smallest absolute Gasteiger partial charge is 0.413 e. The molecule has 1 fully saturated rings. The monoisotopic (exact) mass is 658 g/mol. The van der Waals surface area contributed by atoms with Gasteiger partial charge in [0.1, 0.15) is 35.6 Å². The highest BCUT2D eigenvalue weighted by molar-refractivity contribution is 7.84. The Hall–Kier alpha value is -4.17. The second-order valence-electron chi connectivity index (χ2n) is 12.0. The molecular formula is C24H34N8O10S2. The molecule has 242 valence electrons. The number of hydrogen-bond donors (Lipinski definition) is 3. The van der Waals surface area contributed by atoms with Crippen LogP contribution in [-0.2, 0) is 45.5 Å². The Kier molecular flexibility index (Phi) is 9.71. The Bertz CT molecular complexity index is 1540. The van der Waals surface area contributed by atoms with Crippen molar-refractivity contribution in [2.45, 2.75) is 90.8 Å². The van der Waals surface area contributed by atoms with E-state index in [2.05, 4.69) is 30.9 Å². The SMILES string of the molecule is CC(C)(C)OC(=O)Nc1nc(/C(=N\OC(C)(C)C(=O)OC(C)(C)C)C(=O)N[C@@H]2C(=O)N(S(=O)(=O)O)[C@@H]2Cn2cncn2)cs1. The molecule has 0 unspecified atom stereocenters. The first kappa shape index (κ1) is 34.3. The molecule has 3 amide bonds. The van der Waals surface area contributed by atoms with Gasteiger partial charge in [-0.1, -0.05) is 5.16 Å². The van der Waals surface area contributed by atoms with Crippen LogP contribution in [0.25, 0.3) is 0 Å². The van der Waals surface area contributed by atoms with Gasteiger partial charge < -0.3 is 19.6 Å². The molecule has 1 aliphatic rings. The number of esters is 1. The van der Waals surface area contributed by atoms with Gasteiger partial charge in [-0.05, 0) is 55.4 Å². The van der Waals surface area contributed by atoms with E-state index in [0.717, 1.165) is 11.3 Å². The Labute approximate surface area is 257 Å². The van der Waals surface area contributed by atoms with Crippen LogP contribution in [0.2, 0.25) is 0 Å². The Balaban J connectivity index is 1.92. The van der Waals surface area contributed by atoms with Crippen LogP contribution in [0.5, 0.6) is 0 Å². The summed E-state index contributed by atoms with van der Waals surface area (Å²) < 4.78 is 45.3. The topological polar surface area (TPSA) is 234 Å². The number of carbonyl (C=O) groups excluding carboxylic acids is 4. The highest BCUT2D eigenvalue weighted by Crippen LogP contribution is 2.26. The second-order valence-corrected chi connectivity index (χ2v) is 14.1. The number of carbonyl (C=O) groups is 4. The summed E-state index contributed by atoms with van der Waals surface area (Å²) in [6.07, 6.45) is 1.61. The van der Waals surface area contributed by atoms with Crippen molar-refractivity contribution in [3.63, 3.8) is 0 Å². The summed E-state index contributed by atoms with van der Waals surface area (Å²) in [5, 5.41) is 13.9. The molecule has 2 atom stereocenters. The van der Waals surface area contributed by atoms with Crippen LogP contribution < -0.4 is 10.6 Å². The fourth-order valence-corrected chi connectivity index (χ4v) is 5.05. The maximum Gasteiger partial charge on any atom is 0.413 e. The minimum absolute atomic E-state index is 0.0162. The standard InChI is InChI=1S/C24H34N8O10S2/c1-22(2,3)40-19(35)24(7,8)42-30-15(13-10-43-20(27-13)29-21(36)41-23(4,5)6)17(33)28-16-14(9-31-12-25-11-26-31)32(18(16)34)44(37,38)39/h10-12,14,16H,9H2,1-8H3,(H,28,33)(H,27,29,36)(H,37,38,39)/b30-15+/t14-,16+/m1/s1. The van der Waals surface area contributed by atoms with E-state index < -0.39 is 68.8 Å². The summed E-state index contributed by atoms with van der Waals surface area (Å²) in [6, 6.07) is -2.75. The molecule has 1 saturated heterocycles. The molecule has 44 heavy (non-hydrogen) atoms. The number of oxime groups is 1. The number of hydrogen-bond acceptors (Lipinski definition) is 14. The number of thiazole rings is 1. The lowest BCUT2D eigenvalue weighted by Crippen LogP contribution is -2.73. The van der Waals surface area contributed by atoms with Gasteiger partial charge in [0.2, 0.25) is 5.60 Å². The molecule has 2 aromatic heterocycles. The van der Waals surface area contributed by atoms with Crippen molar-refractivity contribution < 1.29 is 46.5 Å². The van der Waals surface area contributed by atoms with Crippen molar-refractivity contribution >= 4 is 56.4 Å². The molecule has 3 rings (SSSR count). The van der Waals surface area contributed by atoms with Gasteiger partial charge >= 0.3 is 22.4 Å². The summed E-state index contributed by atoms with van der Waals surface area (Å²) in [7, 11) is -4.98. The number of aromatic nitrogens is 4. The van der Waals surface area contributed by atoms with Gasteiger partial charge in [0.15, 0.2) is 10.8 Å². The van der Waals surface area contributed by atoms with Crippen molar-refractivity contribution in [2.24, 2.45) is 5.16 Å². The first-order valence-electron chi connectivity index (χ1n) is 13.0. The van der Waals surface area contributed by atoms with E-state index in [4.69, 9.17) is 14.3 Å². The number of anilines is 1. The predicted molar refractivity (Wildman–Crippen MR) is 154 cm³/mol. The zero-order valence-corrected chi connectivity index (χ0v) is 26.8. The maximum atomic E-state index is 13.5. The molecule has 0 aromatic carbocycles. The lowest BCUT2D eigenvalue weighted by Gasteiger charge is -2.43. The summed E-state index contributed by atoms with van der Waals surface area (Å²) >= 11 is 0.906. The van der Waals surface area contributed by atoms with Crippen LogP contribution in [-0.4, -0.2) is 95.5 Å². The zero-order valence-electron chi connectivity index (χ0n) is 25.2. The van der Waals surface area contributed by atoms with Crippen LogP contribution in [0.15, 0.2) is 23.2 Å². The third kappa shape index (κ3) is 8.92. The van der Waals surface area contributed by atoms with E-state index in [1.54, 1.807) is 41.5 Å². The van der Waals surface area contributed by atoms with Crippen LogP contribution in [0.3, 0.4) is 0 Å². The van der Waals surface area contributed by atoms with Gasteiger partial charge in [0, 0.05) is 5.38 Å². The number of ether oxygens (including phenoxy) is 2. The lowest BCUT2D eigenvalue weighted by molar-refractivity contribution is -0.179. The normalized spacial score (nSPS) is 17.9. The number of nitrogens with one attached hydrogen (secondary N) is 2. The second kappa shape index (κ2) is 12.4. The molecule has 1 aliphatic heterocycles. The maximum absolute atomic E-state index is 13.5. The first-order valence-corrected chi connectivity index (χ1v) is 15.2. The van der Waals surface area contributed by atoms with Crippen molar-refractivity contribution in [3.05, 3.63) is 23.7 Å². The van der Waals surface area contributed by atoms with E-state index in [9.17, 15) is 32.1 Å². The summed E-state index contributed by atoms with van der Waals surface area (Å²) in [4.78, 5) is 64.5. The first-order chi connectivity index (χ1) is 20.1. The van der Waals surface area contributed by atoms with Crippen molar-refractivity contribution in [3.8, 4) is 0 Å². The molecule has 3 N–H and O–H groups in total. The quantitative estimate of drug-likeness (QED) is 0.107. The summed E-state index contributed by atoms with van der Waals surface area (Å²) in [6.45, 7) is 12.4. The van der Waals surface area contributed by atoms with Crippen LogP contribution in [0.1, 0.15) is 61.1 Å². The minimum atomic E-state index is -4.98. The number of rotatable bonds is 10. The molecule has 0 aliphatic carbocycles. The zero-order chi connectivity index (χ0) is 33.3. The fourth-order valence-electron chi connectivity index (χ4n) is 3.50. The summed E-state index contributed by atoms with van der Waals surface area (Å²) in [5.41, 5.74) is -4.03. The molecule has 0 radical (unpaired) electrons. The van der Waals surface area contributed by atoms with E-state index in [1.807, 2.05) is 0 Å². The van der Waals surface area contributed by atoms with Crippen molar-refractivity contribution in [1.82, 2.24) is 29.4 Å². The molecular weight excluding hydrogens is 624 g/mol. The lowest BCUT2D eigenvalue weighted by atomic mass is 9.98. The highest BCUT2D eigenvalue weighted by atomic mass is 32.2. The van der Waals surface area contributed by atoms with E-state index in [-0.39, 0.29) is 21.7 Å². The van der Waals surface area contributed by atoms with Gasteiger partial charge in [-0.2, -0.15) is 13.5 Å². The number of amides is 3. The van der Waals surface area contributed by atoms with Gasteiger partial charge in [0.25, 0.3) is 11.8 Å². The third-order valence-electron chi connectivity index (χ3n) is 5.37. The van der Waals surface area contributed by atoms with Crippen molar-refractivity contribution in [1.29, 1.82) is 0 Å². The van der Waals surface area contributed by atoms with E-state index in [1.165, 1.54) is 36.6 Å². The third-order valence-corrected chi connectivity index (χ3v) is 7.08. The molecule has 18 nitrogen and oxygen atoms in total. The van der Waals surface area contributed by atoms with Crippen LogP contribution >= 0.6 is 11.3 Å². The highest BCUT2D eigenvalue weighted by Gasteiger charge is 2.54. The Morgan fingerprint density at radius 3 is 2.27 bits per heavy atom. The molecule has 0 spiro atoms.